The lowest BCUT2D eigenvalue weighted by Gasteiger charge is -2.19. The van der Waals surface area contributed by atoms with Gasteiger partial charge in [-0.2, -0.15) is 0 Å². The van der Waals surface area contributed by atoms with Gasteiger partial charge in [0.2, 0.25) is 0 Å². The summed E-state index contributed by atoms with van der Waals surface area (Å²) in [5.74, 6) is 0.721. The van der Waals surface area contributed by atoms with Crippen molar-refractivity contribution in [2.24, 2.45) is 0 Å². The summed E-state index contributed by atoms with van der Waals surface area (Å²) in [5, 5.41) is 2.78. The molecule has 37 heavy (non-hydrogen) atoms. The second-order valence-corrected chi connectivity index (χ2v) is 9.77. The monoisotopic (exact) mass is 532 g/mol. The van der Waals surface area contributed by atoms with E-state index in [4.69, 9.17) is 32.5 Å². The molecule has 0 bridgehead atoms. The minimum atomic E-state index is -0.503. The topological polar surface area (TPSA) is 151 Å². The zero-order valence-corrected chi connectivity index (χ0v) is 22.7. The molecule has 1 aromatic carbocycles. The van der Waals surface area contributed by atoms with Gasteiger partial charge >= 0.3 is 5.97 Å². The fraction of sp³-hybridized carbons (Fsp3) is 0.480. The summed E-state index contributed by atoms with van der Waals surface area (Å²) in [6, 6.07) is 5.85. The summed E-state index contributed by atoms with van der Waals surface area (Å²) in [6.07, 6.45) is 0.841. The number of hydrogen-bond acceptors (Lipinski definition) is 8. The Morgan fingerprint density at radius 1 is 1.16 bits per heavy atom. The van der Waals surface area contributed by atoms with Gasteiger partial charge in [-0.15, -0.1) is 0 Å². The zero-order valence-electron chi connectivity index (χ0n) is 21.9. The molecule has 2 heterocycles. The quantitative estimate of drug-likeness (QED) is 0.205. The number of nitrogens with zero attached hydrogens (tertiary/aromatic N) is 4. The smallest absolute Gasteiger partial charge is 0.306 e. The molecule has 3 rings (SSSR count). The molecule has 0 atom stereocenters. The van der Waals surface area contributed by atoms with Crippen molar-refractivity contribution in [3.05, 3.63) is 34.9 Å². The van der Waals surface area contributed by atoms with Crippen LogP contribution >= 0.6 is 11.6 Å². The highest BCUT2D eigenvalue weighted by Crippen LogP contribution is 2.22. The molecule has 3 aromatic rings. The van der Waals surface area contributed by atoms with Crippen molar-refractivity contribution >= 4 is 46.1 Å². The van der Waals surface area contributed by atoms with Crippen LogP contribution in [0.15, 0.2) is 18.2 Å². The highest BCUT2D eigenvalue weighted by atomic mass is 35.5. The number of hydrogen-bond donors (Lipinski definition) is 3. The SMILES string of the molecule is CCn1c(CNC(=O)c2nc(Cl)c(N)nc2N)[n+](CC)c2ccc(OCCCC(=O)OC(C)(C)C)cc21. The number of esters is 1. The number of amides is 1. The maximum atomic E-state index is 12.8. The Bertz CT molecular complexity index is 1300. The summed E-state index contributed by atoms with van der Waals surface area (Å²) in [7, 11) is 0. The minimum Gasteiger partial charge on any atom is -0.493 e. The van der Waals surface area contributed by atoms with Gasteiger partial charge in [0.25, 0.3) is 11.7 Å². The fourth-order valence-electron chi connectivity index (χ4n) is 4.01. The molecule has 0 aliphatic rings. The summed E-state index contributed by atoms with van der Waals surface area (Å²) in [6.45, 7) is 11.6. The average Bonchev–Trinajstić information content (AvgIpc) is 3.13. The lowest BCUT2D eigenvalue weighted by atomic mass is 10.2. The van der Waals surface area contributed by atoms with Crippen LogP contribution in [0.5, 0.6) is 5.75 Å². The number of anilines is 2. The summed E-state index contributed by atoms with van der Waals surface area (Å²) in [4.78, 5) is 32.5. The van der Waals surface area contributed by atoms with E-state index in [1.54, 1.807) is 0 Å². The number of benzene rings is 1. The first kappa shape index (κ1) is 28.0. The number of carbonyl (C=O) groups is 2. The Labute approximate surface area is 221 Å². The van der Waals surface area contributed by atoms with Crippen molar-refractivity contribution in [2.75, 3.05) is 18.1 Å². The van der Waals surface area contributed by atoms with Crippen LogP contribution in [-0.4, -0.2) is 38.6 Å². The minimum absolute atomic E-state index is 0.0338. The van der Waals surface area contributed by atoms with Crippen molar-refractivity contribution in [3.63, 3.8) is 0 Å². The Morgan fingerprint density at radius 2 is 1.89 bits per heavy atom. The lowest BCUT2D eigenvalue weighted by molar-refractivity contribution is -0.676. The van der Waals surface area contributed by atoms with E-state index in [9.17, 15) is 9.59 Å². The summed E-state index contributed by atoms with van der Waals surface area (Å²) in [5.41, 5.74) is 12.8. The molecule has 0 spiro atoms. The van der Waals surface area contributed by atoms with Crippen LogP contribution in [0.2, 0.25) is 5.15 Å². The van der Waals surface area contributed by atoms with Gasteiger partial charge in [-0.3, -0.25) is 9.59 Å². The number of carbonyl (C=O) groups excluding carboxylic acids is 2. The van der Waals surface area contributed by atoms with Gasteiger partial charge in [0.1, 0.15) is 17.9 Å². The van der Waals surface area contributed by atoms with Gasteiger partial charge in [0.15, 0.2) is 33.5 Å². The Morgan fingerprint density at radius 3 is 2.54 bits per heavy atom. The number of rotatable bonds is 10. The number of aryl methyl sites for hydroxylation is 2. The lowest BCUT2D eigenvalue weighted by Crippen LogP contribution is -2.40. The number of fused-ring (bicyclic) bond motifs is 1. The van der Waals surface area contributed by atoms with E-state index in [0.717, 1.165) is 16.9 Å². The van der Waals surface area contributed by atoms with E-state index in [2.05, 4.69) is 24.4 Å². The first-order chi connectivity index (χ1) is 17.4. The van der Waals surface area contributed by atoms with Crippen LogP contribution in [-0.2, 0) is 29.2 Å². The number of ether oxygens (including phenoxy) is 2. The first-order valence-corrected chi connectivity index (χ1v) is 12.6. The Balaban J connectivity index is 1.75. The third-order valence-corrected chi connectivity index (χ3v) is 5.80. The Hall–Kier alpha value is -3.60. The van der Waals surface area contributed by atoms with Crippen LogP contribution in [0.1, 0.15) is 63.8 Å². The highest BCUT2D eigenvalue weighted by Gasteiger charge is 2.25. The Kier molecular flexibility index (Phi) is 8.80. The van der Waals surface area contributed by atoms with Crippen LogP contribution in [0.4, 0.5) is 11.6 Å². The van der Waals surface area contributed by atoms with Crippen LogP contribution in [0, 0.1) is 0 Å². The van der Waals surface area contributed by atoms with Crippen LogP contribution in [0.25, 0.3) is 11.0 Å². The standard InChI is InChI=1S/C25H34ClN7O4/c1-6-32-16-11-10-15(36-12-8-9-19(34)37-25(3,4)5)13-17(16)33(7-2)18(32)14-29-24(35)20-22(27)31-23(28)21(26)30-20/h10-11,13H,6-9,12,14H2,1-5H3,(H4-,27,28,29,31,35)/p+1. The van der Waals surface area contributed by atoms with Gasteiger partial charge < -0.3 is 26.3 Å². The predicted octanol–water partition coefficient (Wildman–Crippen LogP) is 3.01. The maximum Gasteiger partial charge on any atom is 0.306 e. The zero-order chi connectivity index (χ0) is 27.3. The molecule has 200 valence electrons. The van der Waals surface area contributed by atoms with Crippen molar-refractivity contribution in [1.82, 2.24) is 19.9 Å². The van der Waals surface area contributed by atoms with Gasteiger partial charge in [0.05, 0.1) is 19.7 Å². The van der Waals surface area contributed by atoms with Gasteiger partial charge in [-0.1, -0.05) is 11.6 Å². The molecular weight excluding hydrogens is 498 g/mol. The highest BCUT2D eigenvalue weighted by molar-refractivity contribution is 6.31. The fourth-order valence-corrected chi connectivity index (χ4v) is 4.14. The van der Waals surface area contributed by atoms with E-state index in [0.29, 0.717) is 38.3 Å². The number of halogens is 1. The number of nitrogen functional groups attached to an aromatic ring is 2. The van der Waals surface area contributed by atoms with Crippen molar-refractivity contribution in [1.29, 1.82) is 0 Å². The molecule has 1 amide bonds. The predicted molar refractivity (Wildman–Crippen MR) is 141 cm³/mol. The number of aromatic nitrogens is 4. The van der Waals surface area contributed by atoms with E-state index in [1.165, 1.54) is 0 Å². The summed E-state index contributed by atoms with van der Waals surface area (Å²) >= 11 is 5.92. The number of nitrogens with one attached hydrogen (secondary N) is 1. The average molecular weight is 533 g/mol. The molecular formula is C25H35ClN7O4+. The van der Waals surface area contributed by atoms with Gasteiger partial charge in [0, 0.05) is 12.5 Å². The van der Waals surface area contributed by atoms with Crippen molar-refractivity contribution in [3.8, 4) is 5.75 Å². The molecule has 0 aliphatic heterocycles. The molecule has 0 fully saturated rings. The van der Waals surface area contributed by atoms with Crippen molar-refractivity contribution in [2.45, 2.75) is 72.7 Å². The molecule has 0 saturated heterocycles. The molecule has 0 radical (unpaired) electrons. The van der Waals surface area contributed by atoms with E-state index in [-0.39, 0.29) is 35.0 Å². The largest absolute Gasteiger partial charge is 0.493 e. The normalized spacial score (nSPS) is 11.5. The van der Waals surface area contributed by atoms with Gasteiger partial charge in [-0.05, 0) is 53.2 Å². The van der Waals surface area contributed by atoms with E-state index in [1.807, 2.05) is 52.8 Å². The van der Waals surface area contributed by atoms with Crippen molar-refractivity contribution < 1.29 is 23.6 Å². The summed E-state index contributed by atoms with van der Waals surface area (Å²) < 4.78 is 15.5. The molecule has 5 N–H and O–H groups in total. The second kappa shape index (κ2) is 11.6. The van der Waals surface area contributed by atoms with Gasteiger partial charge in [-0.25, -0.2) is 19.1 Å². The molecule has 0 unspecified atom stereocenters. The molecule has 11 nitrogen and oxygen atoms in total. The van der Waals surface area contributed by atoms with Crippen LogP contribution in [0.3, 0.4) is 0 Å². The number of nitrogens with two attached hydrogens (primary N) is 2. The number of imidazole rings is 1. The molecule has 2 aromatic heterocycles. The molecule has 0 aliphatic carbocycles. The second-order valence-electron chi connectivity index (χ2n) is 9.41. The van der Waals surface area contributed by atoms with Crippen LogP contribution < -0.4 is 26.1 Å². The van der Waals surface area contributed by atoms with E-state index < -0.39 is 11.5 Å². The third-order valence-electron chi connectivity index (χ3n) is 5.53. The molecule has 0 saturated carbocycles. The third kappa shape index (κ3) is 6.79. The first-order valence-electron chi connectivity index (χ1n) is 12.2. The van der Waals surface area contributed by atoms with E-state index >= 15 is 0 Å². The maximum absolute atomic E-state index is 12.8. The molecule has 12 heteroatoms.